The van der Waals surface area contributed by atoms with Crippen LogP contribution in [0.5, 0.6) is 0 Å². The summed E-state index contributed by atoms with van der Waals surface area (Å²) in [5.74, 6) is 0.865. The molecule has 1 aliphatic rings. The van der Waals surface area contributed by atoms with E-state index in [2.05, 4.69) is 15.5 Å². The van der Waals surface area contributed by atoms with E-state index in [1.54, 1.807) is 0 Å². The first kappa shape index (κ1) is 7.70. The highest BCUT2D eigenvalue weighted by Gasteiger charge is 2.31. The van der Waals surface area contributed by atoms with Gasteiger partial charge < -0.3 is 14.6 Å². The Balaban J connectivity index is 2.13. The van der Waals surface area contributed by atoms with Crippen LogP contribution in [0.4, 0.5) is 0 Å². The summed E-state index contributed by atoms with van der Waals surface area (Å²) in [7, 11) is 1.91. The molecule has 2 atom stereocenters. The van der Waals surface area contributed by atoms with Crippen molar-refractivity contribution in [2.75, 3.05) is 20.3 Å². The summed E-state index contributed by atoms with van der Waals surface area (Å²) in [5.41, 5.74) is 0. The van der Waals surface area contributed by atoms with E-state index < -0.39 is 0 Å². The van der Waals surface area contributed by atoms with Gasteiger partial charge in [0.2, 0.25) is 5.89 Å². The molecule has 2 heterocycles. The van der Waals surface area contributed by atoms with Gasteiger partial charge in [-0.1, -0.05) is 5.16 Å². The minimum Gasteiger partial charge on any atom is -0.379 e. The molecular formula is C7H11N3O2. The summed E-state index contributed by atoms with van der Waals surface area (Å²) in [4.78, 5) is 4.00. The molecule has 0 amide bonds. The Labute approximate surface area is 70.1 Å². The topological polar surface area (TPSA) is 60.2 Å². The SMILES string of the molecule is CNC1COCC1c1ncno1. The molecule has 1 N–H and O–H groups in total. The van der Waals surface area contributed by atoms with Crippen LogP contribution >= 0.6 is 0 Å². The van der Waals surface area contributed by atoms with Crippen LogP contribution in [0.25, 0.3) is 0 Å². The maximum absolute atomic E-state index is 5.29. The minimum atomic E-state index is 0.206. The zero-order chi connectivity index (χ0) is 8.39. The number of aromatic nitrogens is 2. The van der Waals surface area contributed by atoms with E-state index in [0.29, 0.717) is 25.1 Å². The lowest BCUT2D eigenvalue weighted by Crippen LogP contribution is -2.31. The molecule has 1 saturated heterocycles. The van der Waals surface area contributed by atoms with E-state index in [9.17, 15) is 0 Å². The molecule has 0 aliphatic carbocycles. The number of hydrogen-bond acceptors (Lipinski definition) is 5. The third-order valence-corrected chi connectivity index (χ3v) is 2.15. The Morgan fingerprint density at radius 3 is 3.17 bits per heavy atom. The number of nitrogens with zero attached hydrogens (tertiary/aromatic N) is 2. The highest BCUT2D eigenvalue weighted by atomic mass is 16.5. The fourth-order valence-electron chi connectivity index (χ4n) is 1.43. The second-order valence-electron chi connectivity index (χ2n) is 2.82. The van der Waals surface area contributed by atoms with Crippen molar-refractivity contribution in [3.63, 3.8) is 0 Å². The predicted molar refractivity (Wildman–Crippen MR) is 40.7 cm³/mol. The van der Waals surface area contributed by atoms with Crippen LogP contribution in [0, 0.1) is 0 Å². The monoisotopic (exact) mass is 169 g/mol. The van der Waals surface area contributed by atoms with Crippen LogP contribution in [-0.4, -0.2) is 36.4 Å². The van der Waals surface area contributed by atoms with Gasteiger partial charge in [-0.05, 0) is 7.05 Å². The van der Waals surface area contributed by atoms with Crippen LogP contribution in [0.3, 0.4) is 0 Å². The molecule has 1 fully saturated rings. The smallest absolute Gasteiger partial charge is 0.233 e. The van der Waals surface area contributed by atoms with Gasteiger partial charge in [0, 0.05) is 6.04 Å². The number of ether oxygens (including phenoxy) is 1. The van der Waals surface area contributed by atoms with Crippen molar-refractivity contribution >= 4 is 0 Å². The molecule has 2 unspecified atom stereocenters. The standard InChI is InChI=1S/C7H11N3O2/c1-8-6-3-11-2-5(6)7-9-4-10-12-7/h4-6,8H,2-3H2,1H3. The average Bonchev–Trinajstić information content (AvgIpc) is 2.74. The summed E-state index contributed by atoms with van der Waals surface area (Å²) in [5, 5.41) is 6.72. The molecule has 2 rings (SSSR count). The molecule has 0 aromatic carbocycles. The van der Waals surface area contributed by atoms with Crippen LogP contribution in [0.2, 0.25) is 0 Å². The van der Waals surface area contributed by atoms with Gasteiger partial charge in [0.05, 0.1) is 19.1 Å². The predicted octanol–water partition coefficient (Wildman–Crippen LogP) is -0.229. The van der Waals surface area contributed by atoms with Gasteiger partial charge in [0.25, 0.3) is 0 Å². The summed E-state index contributed by atoms with van der Waals surface area (Å²) < 4.78 is 10.3. The van der Waals surface area contributed by atoms with Crippen molar-refractivity contribution in [3.8, 4) is 0 Å². The van der Waals surface area contributed by atoms with E-state index in [4.69, 9.17) is 9.26 Å². The van der Waals surface area contributed by atoms with Crippen LogP contribution < -0.4 is 5.32 Å². The summed E-state index contributed by atoms with van der Waals surface area (Å²) in [6, 6.07) is 0.297. The third kappa shape index (κ3) is 1.21. The Morgan fingerprint density at radius 1 is 1.58 bits per heavy atom. The van der Waals surface area contributed by atoms with Gasteiger partial charge in [-0.25, -0.2) is 0 Å². The van der Waals surface area contributed by atoms with Gasteiger partial charge in [-0.15, -0.1) is 0 Å². The first-order valence-corrected chi connectivity index (χ1v) is 3.93. The van der Waals surface area contributed by atoms with E-state index in [-0.39, 0.29) is 5.92 Å². The third-order valence-electron chi connectivity index (χ3n) is 2.15. The maximum Gasteiger partial charge on any atom is 0.233 e. The van der Waals surface area contributed by atoms with Crippen molar-refractivity contribution in [3.05, 3.63) is 12.2 Å². The zero-order valence-corrected chi connectivity index (χ0v) is 6.86. The minimum absolute atomic E-state index is 0.206. The Bertz CT molecular complexity index is 237. The molecule has 66 valence electrons. The first-order valence-electron chi connectivity index (χ1n) is 3.93. The van der Waals surface area contributed by atoms with Crippen molar-refractivity contribution in [2.45, 2.75) is 12.0 Å². The van der Waals surface area contributed by atoms with Crippen molar-refractivity contribution in [1.29, 1.82) is 0 Å². The molecule has 12 heavy (non-hydrogen) atoms. The molecule has 1 aromatic heterocycles. The van der Waals surface area contributed by atoms with Gasteiger partial charge in [-0.2, -0.15) is 4.98 Å². The maximum atomic E-state index is 5.29. The molecule has 1 aliphatic heterocycles. The number of rotatable bonds is 2. The summed E-state index contributed by atoms with van der Waals surface area (Å²) in [6.45, 7) is 1.37. The van der Waals surface area contributed by atoms with E-state index >= 15 is 0 Å². The largest absolute Gasteiger partial charge is 0.379 e. The molecular weight excluding hydrogens is 158 g/mol. The summed E-state index contributed by atoms with van der Waals surface area (Å²) in [6.07, 6.45) is 1.42. The fourth-order valence-corrected chi connectivity index (χ4v) is 1.43. The lowest BCUT2D eigenvalue weighted by molar-refractivity contribution is 0.185. The van der Waals surface area contributed by atoms with Gasteiger partial charge in [-0.3, -0.25) is 0 Å². The van der Waals surface area contributed by atoms with Crippen molar-refractivity contribution in [2.24, 2.45) is 0 Å². The van der Waals surface area contributed by atoms with Crippen LogP contribution in [0.15, 0.2) is 10.9 Å². The van der Waals surface area contributed by atoms with Gasteiger partial charge in [0.15, 0.2) is 6.33 Å². The zero-order valence-electron chi connectivity index (χ0n) is 6.86. The molecule has 5 heteroatoms. The second kappa shape index (κ2) is 3.20. The second-order valence-corrected chi connectivity index (χ2v) is 2.82. The molecule has 5 nitrogen and oxygen atoms in total. The van der Waals surface area contributed by atoms with Crippen LogP contribution in [0.1, 0.15) is 11.8 Å². The molecule has 0 bridgehead atoms. The summed E-state index contributed by atoms with van der Waals surface area (Å²) >= 11 is 0. The van der Waals surface area contributed by atoms with Crippen LogP contribution in [-0.2, 0) is 4.74 Å². The number of hydrogen-bond donors (Lipinski definition) is 1. The molecule has 0 saturated carbocycles. The van der Waals surface area contributed by atoms with E-state index in [0.717, 1.165) is 0 Å². The van der Waals surface area contributed by atoms with Crippen molar-refractivity contribution < 1.29 is 9.26 Å². The number of likely N-dealkylation sites (N-methyl/N-ethyl adjacent to an activating group) is 1. The Kier molecular flexibility index (Phi) is 2.05. The average molecular weight is 169 g/mol. The van der Waals surface area contributed by atoms with Gasteiger partial charge >= 0.3 is 0 Å². The number of nitrogens with one attached hydrogen (secondary N) is 1. The lowest BCUT2D eigenvalue weighted by Gasteiger charge is -2.11. The normalized spacial score (nSPS) is 29.4. The Morgan fingerprint density at radius 2 is 2.50 bits per heavy atom. The Hall–Kier alpha value is -0.940. The lowest BCUT2D eigenvalue weighted by atomic mass is 10.0. The van der Waals surface area contributed by atoms with E-state index in [1.807, 2.05) is 7.05 Å². The molecule has 0 radical (unpaired) electrons. The highest BCUT2D eigenvalue weighted by Crippen LogP contribution is 2.23. The van der Waals surface area contributed by atoms with E-state index in [1.165, 1.54) is 6.33 Å². The quantitative estimate of drug-likeness (QED) is 0.662. The molecule has 0 spiro atoms. The van der Waals surface area contributed by atoms with Gasteiger partial charge in [0.1, 0.15) is 0 Å². The van der Waals surface area contributed by atoms with Crippen molar-refractivity contribution in [1.82, 2.24) is 15.5 Å². The first-order chi connectivity index (χ1) is 5.92. The fraction of sp³-hybridized carbons (Fsp3) is 0.714. The molecule has 1 aromatic rings. The highest BCUT2D eigenvalue weighted by molar-refractivity contribution is 4.99.